The Kier molecular flexibility index (Phi) is 10.7. The molecule has 186 valence electrons. The number of phenolic OH excluding ortho intramolecular Hbond substituents is 1. The molecule has 1 aliphatic heterocycles. The third kappa shape index (κ3) is 7.99. The van der Waals surface area contributed by atoms with E-state index in [1.54, 1.807) is 12.1 Å². The molecule has 1 unspecified atom stereocenters. The van der Waals surface area contributed by atoms with E-state index in [4.69, 9.17) is 0 Å². The van der Waals surface area contributed by atoms with Gasteiger partial charge in [-0.25, -0.2) is 0 Å². The molecule has 1 aromatic carbocycles. The van der Waals surface area contributed by atoms with Crippen molar-refractivity contribution in [3.05, 3.63) is 35.9 Å². The number of unbranched alkanes of at least 4 members (excludes halogenated alkanes) is 1. The second-order valence-electron chi connectivity index (χ2n) is 7.89. The molecule has 2 amide bonds. The predicted molar refractivity (Wildman–Crippen MR) is 139 cm³/mol. The molecule has 2 heterocycles. The van der Waals surface area contributed by atoms with Crippen LogP contribution >= 0.6 is 33.3 Å². The number of phenols is 1. The Morgan fingerprint density at radius 2 is 1.94 bits per heavy atom. The van der Waals surface area contributed by atoms with Gasteiger partial charge in [-0.05, 0) is 31.4 Å². The van der Waals surface area contributed by atoms with Gasteiger partial charge < -0.3 is 26.0 Å². The van der Waals surface area contributed by atoms with Gasteiger partial charge >= 0.3 is 0 Å². The van der Waals surface area contributed by atoms with Crippen LogP contribution in [0, 0.1) is 0 Å². The summed E-state index contributed by atoms with van der Waals surface area (Å²) >= 11 is 1.29. The number of amides is 2. The first kappa shape index (κ1) is 26.5. The molecule has 11 heteroatoms. The number of aromatic nitrogens is 1. The van der Waals surface area contributed by atoms with Gasteiger partial charge in [-0.1, -0.05) is 40.1 Å². The lowest BCUT2D eigenvalue weighted by Gasteiger charge is -2.10. The molecule has 34 heavy (non-hydrogen) atoms. The lowest BCUT2D eigenvalue weighted by molar-refractivity contribution is -0.121. The maximum Gasteiger partial charge on any atom is 0.255 e. The molecule has 2 aromatic rings. The number of rotatable bonds is 13. The average molecular weight is 526 g/mol. The van der Waals surface area contributed by atoms with E-state index in [-0.39, 0.29) is 41.4 Å². The van der Waals surface area contributed by atoms with Gasteiger partial charge in [-0.15, -0.1) is 11.8 Å². The van der Waals surface area contributed by atoms with E-state index < -0.39 is 0 Å². The zero-order valence-electron chi connectivity index (χ0n) is 18.9. The van der Waals surface area contributed by atoms with Crippen molar-refractivity contribution >= 4 is 45.2 Å². The molecule has 0 aliphatic carbocycles. The second kappa shape index (κ2) is 13.7. The highest BCUT2D eigenvalue weighted by Gasteiger charge is 2.17. The molecule has 5 N–H and O–H groups in total. The molecule has 0 spiro atoms. The molecule has 1 aliphatic rings. The lowest BCUT2D eigenvalue weighted by atomic mass is 10.1. The summed E-state index contributed by atoms with van der Waals surface area (Å²) in [6.45, 7) is 0.881. The molecule has 1 atom stereocenters. The minimum absolute atomic E-state index is 0.0191. The number of hydrogen-bond donors (Lipinski definition) is 5. The van der Waals surface area contributed by atoms with Gasteiger partial charge in [0, 0.05) is 48.9 Å². The number of thioether (sulfide) groups is 1. The Bertz CT molecular complexity index is 963. The van der Waals surface area contributed by atoms with E-state index in [1.165, 1.54) is 46.7 Å². The van der Waals surface area contributed by atoms with Crippen LogP contribution in [-0.4, -0.2) is 61.5 Å². The second-order valence-corrected chi connectivity index (χ2v) is 11.8. The molecule has 3 rings (SSSR count). The highest BCUT2D eigenvalue weighted by atomic mass is 33.1. The van der Waals surface area contributed by atoms with Crippen molar-refractivity contribution in [3.63, 3.8) is 0 Å². The summed E-state index contributed by atoms with van der Waals surface area (Å²) < 4.78 is 1.35. The van der Waals surface area contributed by atoms with E-state index >= 15 is 0 Å². The van der Waals surface area contributed by atoms with Gasteiger partial charge in [0.1, 0.15) is 5.75 Å². The molecule has 0 bridgehead atoms. The lowest BCUT2D eigenvalue weighted by Crippen LogP contribution is -2.26. The molecule has 1 aromatic heterocycles. The van der Waals surface area contributed by atoms with Crippen LogP contribution in [0.4, 0.5) is 0 Å². The summed E-state index contributed by atoms with van der Waals surface area (Å²) in [6, 6.07) is 7.77. The van der Waals surface area contributed by atoms with Crippen LogP contribution < -0.4 is 10.6 Å². The van der Waals surface area contributed by atoms with E-state index in [0.717, 1.165) is 24.5 Å². The normalized spacial score (nSPS) is 15.4. The number of benzene rings is 1. The third-order valence-electron chi connectivity index (χ3n) is 5.37. The van der Waals surface area contributed by atoms with Crippen LogP contribution in [-0.2, 0) is 11.3 Å². The van der Waals surface area contributed by atoms with Crippen molar-refractivity contribution in [1.29, 1.82) is 0 Å². The number of hydrogen-bond acceptors (Lipinski definition) is 8. The Morgan fingerprint density at radius 1 is 1.12 bits per heavy atom. The number of nitrogens with zero attached hydrogens (tertiary/aromatic N) is 1. The molecule has 0 radical (unpaired) electrons. The van der Waals surface area contributed by atoms with Crippen LogP contribution in [0.5, 0.6) is 17.5 Å². The van der Waals surface area contributed by atoms with Gasteiger partial charge in [0.05, 0.1) is 10.5 Å². The van der Waals surface area contributed by atoms with Crippen molar-refractivity contribution in [1.82, 2.24) is 15.2 Å². The summed E-state index contributed by atoms with van der Waals surface area (Å²) in [7, 11) is 3.89. The van der Waals surface area contributed by atoms with Gasteiger partial charge in [-0.3, -0.25) is 14.2 Å². The van der Waals surface area contributed by atoms with Crippen molar-refractivity contribution in [3.8, 4) is 17.5 Å². The number of aromatic hydroxyl groups is 3. The van der Waals surface area contributed by atoms with Gasteiger partial charge in [0.15, 0.2) is 5.88 Å². The largest absolute Gasteiger partial charge is 0.507 e. The smallest absolute Gasteiger partial charge is 0.255 e. The standard InChI is InChI=1S/C23H31N3O5S3/c27-18-7-3-2-6-17(18)22(30)25-11-14-32-19-15-21(29)26(23(19)31)12-10-24-20(28)8-4-1-5-16-9-13-33-34-16/h2-3,6-7,15-16,27,29,31H,1,4-5,8-14H2,(H,24,28)(H,25,30). The first-order valence-electron chi connectivity index (χ1n) is 11.3. The van der Waals surface area contributed by atoms with Crippen molar-refractivity contribution in [2.45, 2.75) is 48.8 Å². The first-order chi connectivity index (χ1) is 16.5. The predicted octanol–water partition coefficient (Wildman–Crippen LogP) is 3.96. The SMILES string of the molecule is O=C(CCCCC1CCSS1)NCCn1c(O)cc(SCCNC(=O)c2ccccc2O)c1O. The monoisotopic (exact) mass is 525 g/mol. The van der Waals surface area contributed by atoms with Crippen molar-refractivity contribution < 1.29 is 24.9 Å². The van der Waals surface area contributed by atoms with Crippen molar-refractivity contribution in [2.24, 2.45) is 0 Å². The number of para-hydroxylation sites is 1. The van der Waals surface area contributed by atoms with E-state index in [1.807, 2.05) is 21.6 Å². The summed E-state index contributed by atoms with van der Waals surface area (Å²) in [6.07, 6.45) is 4.84. The third-order valence-corrected chi connectivity index (χ3v) is 9.40. The Morgan fingerprint density at radius 3 is 2.71 bits per heavy atom. The fraction of sp³-hybridized carbons (Fsp3) is 0.478. The van der Waals surface area contributed by atoms with Gasteiger partial charge in [0.2, 0.25) is 11.8 Å². The number of nitrogens with one attached hydrogen (secondary N) is 2. The van der Waals surface area contributed by atoms with Crippen LogP contribution in [0.25, 0.3) is 0 Å². The van der Waals surface area contributed by atoms with E-state index in [2.05, 4.69) is 10.6 Å². The minimum Gasteiger partial charge on any atom is -0.507 e. The average Bonchev–Trinajstić information content (AvgIpc) is 3.43. The fourth-order valence-corrected chi connectivity index (χ4v) is 7.41. The molecule has 1 saturated heterocycles. The van der Waals surface area contributed by atoms with Crippen LogP contribution in [0.1, 0.15) is 42.5 Å². The highest BCUT2D eigenvalue weighted by Crippen LogP contribution is 2.40. The molecule has 1 fully saturated rings. The van der Waals surface area contributed by atoms with Crippen LogP contribution in [0.3, 0.4) is 0 Å². The highest BCUT2D eigenvalue weighted by molar-refractivity contribution is 8.77. The summed E-state index contributed by atoms with van der Waals surface area (Å²) in [4.78, 5) is 24.6. The summed E-state index contributed by atoms with van der Waals surface area (Å²) in [5.41, 5.74) is 0.202. The van der Waals surface area contributed by atoms with E-state index in [0.29, 0.717) is 30.2 Å². The number of carbonyl (C=O) groups is 2. The molecule has 0 saturated carbocycles. The maximum absolute atomic E-state index is 12.1. The van der Waals surface area contributed by atoms with Gasteiger partial charge in [-0.2, -0.15) is 0 Å². The Hall–Kier alpha value is -2.11. The Balaban J connectivity index is 1.33. The topological polar surface area (TPSA) is 124 Å². The number of carbonyl (C=O) groups excluding carboxylic acids is 2. The quantitative estimate of drug-likeness (QED) is 0.151. The Labute approximate surface area is 211 Å². The van der Waals surface area contributed by atoms with Gasteiger partial charge in [0.25, 0.3) is 5.91 Å². The fourth-order valence-electron chi connectivity index (χ4n) is 3.53. The van der Waals surface area contributed by atoms with E-state index in [9.17, 15) is 24.9 Å². The molecular weight excluding hydrogens is 494 g/mol. The minimum atomic E-state index is -0.379. The van der Waals surface area contributed by atoms with Crippen LogP contribution in [0.2, 0.25) is 0 Å². The zero-order valence-corrected chi connectivity index (χ0v) is 21.3. The maximum atomic E-state index is 12.1. The molecular formula is C23H31N3O5S3. The summed E-state index contributed by atoms with van der Waals surface area (Å²) in [5, 5.41) is 36.6. The summed E-state index contributed by atoms with van der Waals surface area (Å²) in [5.74, 6) is 1.05. The molecule has 8 nitrogen and oxygen atoms in total. The zero-order chi connectivity index (χ0) is 24.3. The van der Waals surface area contributed by atoms with Crippen LogP contribution in [0.15, 0.2) is 35.2 Å². The first-order valence-corrected chi connectivity index (χ1v) is 14.7. The van der Waals surface area contributed by atoms with Crippen molar-refractivity contribution in [2.75, 3.05) is 24.6 Å².